The Morgan fingerprint density at radius 1 is 0.530 bits per heavy atom. The van der Waals surface area contributed by atoms with Crippen LogP contribution >= 0.6 is 7.82 Å². The van der Waals surface area contributed by atoms with E-state index in [0.717, 1.165) is 64.2 Å². The Balaban J connectivity index is 5.51. The SMILES string of the molecule is CCCCCCCC/C=C\C/C=C/CCC(=O)OC(/C=C/CCCCCCCCCCCCC)C(COP(=O)(O)OCC[N+](C)(C)C)NC(=O)CCCCC/C=C\CCCCCCCCC. The Kier molecular flexibility index (Phi) is 45.3. The standard InChI is InChI=1S/C56H105N2O7P/c1-7-10-13-16-19-22-25-28-31-33-36-39-42-45-48-55(59)57-53(52-64-66(61,62)63-51-50-58(4,5)6)54(47-44-41-38-35-32-29-26-23-20-17-14-11-8-2)65-56(60)49-46-43-40-37-34-30-27-24-21-18-15-12-9-3/h30-31,33-34,40,43-44,47,53-54H,7-29,32,35-39,41-42,45-46,48-52H2,1-6H3,(H-,57,59,61,62)/p+1/b33-31-,34-30-,43-40+,47-44+. The predicted octanol–water partition coefficient (Wildman–Crippen LogP) is 16.2. The van der Waals surface area contributed by atoms with Crippen molar-refractivity contribution in [1.29, 1.82) is 0 Å². The van der Waals surface area contributed by atoms with Crippen LogP contribution in [0.4, 0.5) is 0 Å². The number of carbonyl (C=O) groups is 2. The van der Waals surface area contributed by atoms with Gasteiger partial charge in [0.15, 0.2) is 0 Å². The zero-order chi connectivity index (χ0) is 48.7. The van der Waals surface area contributed by atoms with Gasteiger partial charge in [-0.1, -0.05) is 205 Å². The number of rotatable bonds is 49. The molecule has 2 N–H and O–H groups in total. The van der Waals surface area contributed by atoms with Crippen LogP contribution in [0, 0.1) is 0 Å². The van der Waals surface area contributed by atoms with Crippen LogP contribution < -0.4 is 5.32 Å². The van der Waals surface area contributed by atoms with Gasteiger partial charge in [0.25, 0.3) is 0 Å². The quantitative estimate of drug-likeness (QED) is 0.0205. The van der Waals surface area contributed by atoms with Gasteiger partial charge in [0.05, 0.1) is 33.8 Å². The molecule has 0 aliphatic carbocycles. The smallest absolute Gasteiger partial charge is 0.456 e. The molecule has 0 fully saturated rings. The van der Waals surface area contributed by atoms with E-state index >= 15 is 0 Å². The Morgan fingerprint density at radius 2 is 0.939 bits per heavy atom. The molecule has 3 unspecified atom stereocenters. The summed E-state index contributed by atoms with van der Waals surface area (Å²) >= 11 is 0. The van der Waals surface area contributed by atoms with E-state index in [2.05, 4.69) is 56.5 Å². The summed E-state index contributed by atoms with van der Waals surface area (Å²) in [5, 5.41) is 3.02. The van der Waals surface area contributed by atoms with E-state index in [0.29, 0.717) is 23.9 Å². The van der Waals surface area contributed by atoms with E-state index < -0.39 is 25.9 Å². The van der Waals surface area contributed by atoms with Crippen molar-refractivity contribution in [3.63, 3.8) is 0 Å². The summed E-state index contributed by atoms with van der Waals surface area (Å²) in [7, 11) is 1.46. The third-order valence-corrected chi connectivity index (χ3v) is 13.0. The highest BCUT2D eigenvalue weighted by molar-refractivity contribution is 7.47. The molecule has 0 saturated heterocycles. The predicted molar refractivity (Wildman–Crippen MR) is 282 cm³/mol. The Labute approximate surface area is 408 Å². The number of unbranched alkanes of at least 4 members (excludes halogenated alkanes) is 27. The van der Waals surface area contributed by atoms with Crippen molar-refractivity contribution in [2.45, 2.75) is 258 Å². The van der Waals surface area contributed by atoms with Gasteiger partial charge in [0, 0.05) is 12.8 Å². The molecule has 0 radical (unpaired) electrons. The number of phosphoric acid groups is 1. The van der Waals surface area contributed by atoms with E-state index in [4.69, 9.17) is 13.8 Å². The molecule has 0 aliphatic heterocycles. The van der Waals surface area contributed by atoms with E-state index in [9.17, 15) is 19.0 Å². The summed E-state index contributed by atoms with van der Waals surface area (Å²) in [5.74, 6) is -0.600. The van der Waals surface area contributed by atoms with Gasteiger partial charge in [-0.05, 0) is 76.7 Å². The third kappa shape index (κ3) is 47.1. The second-order valence-corrected chi connectivity index (χ2v) is 21.2. The molecule has 10 heteroatoms. The fraction of sp³-hybridized carbons (Fsp3) is 0.821. The second-order valence-electron chi connectivity index (χ2n) is 19.7. The van der Waals surface area contributed by atoms with E-state index in [-0.39, 0.29) is 25.5 Å². The molecule has 0 aromatic carbocycles. The number of nitrogens with one attached hydrogen (secondary N) is 1. The average Bonchev–Trinajstić information content (AvgIpc) is 3.27. The van der Waals surface area contributed by atoms with Gasteiger partial charge in [-0.3, -0.25) is 18.6 Å². The van der Waals surface area contributed by atoms with Crippen molar-refractivity contribution in [3.05, 3.63) is 48.6 Å². The lowest BCUT2D eigenvalue weighted by Gasteiger charge is -2.27. The van der Waals surface area contributed by atoms with Crippen molar-refractivity contribution < 1.29 is 37.3 Å². The molecule has 0 aromatic heterocycles. The first kappa shape index (κ1) is 64.0. The highest BCUT2D eigenvalue weighted by atomic mass is 31.2. The van der Waals surface area contributed by atoms with Gasteiger partial charge >= 0.3 is 13.8 Å². The third-order valence-electron chi connectivity index (χ3n) is 12.0. The first-order chi connectivity index (χ1) is 31.9. The van der Waals surface area contributed by atoms with Gasteiger partial charge in [0.1, 0.15) is 19.3 Å². The molecule has 0 rings (SSSR count). The number of quaternary nitrogens is 1. The molecule has 0 aromatic rings. The minimum absolute atomic E-state index is 0.0301. The number of likely N-dealkylation sites (N-methyl/N-ethyl adjacent to an activating group) is 1. The second kappa shape index (κ2) is 46.7. The van der Waals surface area contributed by atoms with Crippen LogP contribution in [0.15, 0.2) is 48.6 Å². The molecule has 3 atom stereocenters. The van der Waals surface area contributed by atoms with Crippen molar-refractivity contribution in [3.8, 4) is 0 Å². The molecule has 0 bridgehead atoms. The summed E-state index contributed by atoms with van der Waals surface area (Å²) in [5.41, 5.74) is 0. The van der Waals surface area contributed by atoms with Crippen molar-refractivity contribution in [2.24, 2.45) is 0 Å². The van der Waals surface area contributed by atoms with Gasteiger partial charge in [0.2, 0.25) is 5.91 Å². The van der Waals surface area contributed by atoms with Crippen LogP contribution in [0.2, 0.25) is 0 Å². The summed E-state index contributed by atoms with van der Waals surface area (Å²) < 4.78 is 30.5. The normalized spacial score (nSPS) is 14.2. The maximum Gasteiger partial charge on any atom is 0.472 e. The zero-order valence-electron chi connectivity index (χ0n) is 43.9. The van der Waals surface area contributed by atoms with Gasteiger partial charge in [-0.2, -0.15) is 0 Å². The number of allylic oxidation sites excluding steroid dienone is 7. The lowest BCUT2D eigenvalue weighted by atomic mass is 10.0. The molecule has 9 nitrogen and oxygen atoms in total. The minimum Gasteiger partial charge on any atom is -0.456 e. The topological polar surface area (TPSA) is 111 Å². The molecule has 66 heavy (non-hydrogen) atoms. The van der Waals surface area contributed by atoms with E-state index in [1.165, 1.54) is 141 Å². The minimum atomic E-state index is -4.45. The average molecular weight is 950 g/mol. The summed E-state index contributed by atoms with van der Waals surface area (Å²) in [4.78, 5) is 37.4. The number of ether oxygens (including phenoxy) is 1. The van der Waals surface area contributed by atoms with Gasteiger partial charge in [-0.25, -0.2) is 4.57 Å². The monoisotopic (exact) mass is 950 g/mol. The summed E-state index contributed by atoms with van der Waals surface area (Å²) in [6, 6.07) is -0.876. The molecular weight excluding hydrogens is 844 g/mol. The lowest BCUT2D eigenvalue weighted by molar-refractivity contribution is -0.870. The number of amides is 1. The lowest BCUT2D eigenvalue weighted by Crippen LogP contribution is -2.47. The molecule has 1 amide bonds. The first-order valence-electron chi connectivity index (χ1n) is 27.5. The van der Waals surface area contributed by atoms with Crippen LogP contribution in [-0.2, 0) is 27.9 Å². The number of phosphoric ester groups is 1. The molecule has 0 spiro atoms. The number of hydrogen-bond acceptors (Lipinski definition) is 6. The van der Waals surface area contributed by atoms with Crippen molar-refractivity contribution in [2.75, 3.05) is 40.9 Å². The van der Waals surface area contributed by atoms with Crippen LogP contribution in [0.1, 0.15) is 245 Å². The number of esters is 1. The maximum absolute atomic E-state index is 13.4. The molecule has 386 valence electrons. The first-order valence-corrected chi connectivity index (χ1v) is 29.0. The van der Waals surface area contributed by atoms with E-state index in [1.807, 2.05) is 39.4 Å². The molecule has 0 heterocycles. The number of hydrogen-bond donors (Lipinski definition) is 2. The van der Waals surface area contributed by atoms with Crippen molar-refractivity contribution in [1.82, 2.24) is 5.32 Å². The van der Waals surface area contributed by atoms with Crippen LogP contribution in [0.25, 0.3) is 0 Å². The molecule has 0 aliphatic rings. The fourth-order valence-corrected chi connectivity index (χ4v) is 8.43. The number of nitrogens with zero attached hydrogens (tertiary/aromatic N) is 1. The molecular formula is C56H106N2O7P+. The fourth-order valence-electron chi connectivity index (χ4n) is 7.69. The van der Waals surface area contributed by atoms with Gasteiger partial charge in [-0.15, -0.1) is 0 Å². The number of carbonyl (C=O) groups excluding carboxylic acids is 2. The summed E-state index contributed by atoms with van der Waals surface area (Å²) in [6.45, 7) is 6.95. The van der Waals surface area contributed by atoms with E-state index in [1.54, 1.807) is 0 Å². The summed E-state index contributed by atoms with van der Waals surface area (Å²) in [6.07, 6.45) is 55.5. The molecule has 0 saturated carbocycles. The Bertz CT molecular complexity index is 1280. The zero-order valence-corrected chi connectivity index (χ0v) is 44.8. The van der Waals surface area contributed by atoms with Crippen LogP contribution in [0.3, 0.4) is 0 Å². The van der Waals surface area contributed by atoms with Crippen LogP contribution in [-0.4, -0.2) is 74.3 Å². The van der Waals surface area contributed by atoms with Crippen LogP contribution in [0.5, 0.6) is 0 Å². The largest absolute Gasteiger partial charge is 0.472 e. The Hall–Kier alpha value is -2.03. The van der Waals surface area contributed by atoms with Gasteiger partial charge < -0.3 is 19.4 Å². The highest BCUT2D eigenvalue weighted by Crippen LogP contribution is 2.43. The Morgan fingerprint density at radius 3 is 1.41 bits per heavy atom. The highest BCUT2D eigenvalue weighted by Gasteiger charge is 2.30. The maximum atomic E-state index is 13.4. The van der Waals surface area contributed by atoms with Crippen molar-refractivity contribution >= 4 is 19.7 Å².